The summed E-state index contributed by atoms with van der Waals surface area (Å²) in [6, 6.07) is 13.8. The molecular formula is C25H31ClN4O5. The number of rotatable bonds is 8. The van der Waals surface area contributed by atoms with Gasteiger partial charge in [0.1, 0.15) is 18.2 Å². The summed E-state index contributed by atoms with van der Waals surface area (Å²) in [5, 5.41) is 10.1. The Hall–Kier alpha value is -3.59. The number of amidine groups is 1. The number of ether oxygens (including phenoxy) is 2. The molecule has 0 spiro atoms. The Morgan fingerprint density at radius 2 is 1.71 bits per heavy atom. The fourth-order valence-corrected chi connectivity index (χ4v) is 4.10. The molecule has 0 saturated carbocycles. The van der Waals surface area contributed by atoms with Gasteiger partial charge in [-0.25, -0.2) is 4.79 Å². The second kappa shape index (κ2) is 11.7. The number of halogens is 1. The molecule has 0 aliphatic carbocycles. The van der Waals surface area contributed by atoms with Crippen molar-refractivity contribution < 1.29 is 23.9 Å². The van der Waals surface area contributed by atoms with E-state index in [-0.39, 0.29) is 31.3 Å². The van der Waals surface area contributed by atoms with Crippen molar-refractivity contribution in [3.63, 3.8) is 0 Å². The van der Waals surface area contributed by atoms with E-state index in [0.717, 1.165) is 16.0 Å². The largest absolute Gasteiger partial charge is 0.491 e. The lowest BCUT2D eigenvalue weighted by molar-refractivity contribution is -0.147. The van der Waals surface area contributed by atoms with E-state index in [1.807, 2.05) is 36.4 Å². The van der Waals surface area contributed by atoms with Crippen molar-refractivity contribution in [2.45, 2.75) is 32.7 Å². The fraction of sp³-hybridized carbons (Fsp3) is 0.360. The molecule has 1 saturated heterocycles. The normalized spacial score (nSPS) is 19.0. The van der Waals surface area contributed by atoms with Gasteiger partial charge in [0, 0.05) is 12.1 Å². The maximum absolute atomic E-state index is 13.1. The summed E-state index contributed by atoms with van der Waals surface area (Å²) < 4.78 is 10.7. The number of carbonyl (C=O) groups is 3. The number of methoxy groups -OCH3 is 1. The first-order valence-corrected chi connectivity index (χ1v) is 11.0. The molecule has 1 heterocycles. The highest BCUT2D eigenvalue weighted by Gasteiger charge is 2.52. The van der Waals surface area contributed by atoms with Crippen LogP contribution in [0.2, 0.25) is 0 Å². The first-order chi connectivity index (χ1) is 16.2. The molecule has 0 radical (unpaired) electrons. The van der Waals surface area contributed by atoms with E-state index in [1.165, 1.54) is 7.11 Å². The van der Waals surface area contributed by atoms with Crippen LogP contribution < -0.4 is 15.8 Å². The van der Waals surface area contributed by atoms with E-state index in [0.29, 0.717) is 24.3 Å². The summed E-state index contributed by atoms with van der Waals surface area (Å²) in [6.45, 7) is 3.92. The molecule has 0 bridgehead atoms. The maximum atomic E-state index is 13.1. The van der Waals surface area contributed by atoms with Gasteiger partial charge in [-0.2, -0.15) is 0 Å². The van der Waals surface area contributed by atoms with Crippen molar-refractivity contribution in [3.8, 4) is 16.9 Å². The minimum atomic E-state index is -1.04. The summed E-state index contributed by atoms with van der Waals surface area (Å²) in [5.41, 5.74) is 7.06. The van der Waals surface area contributed by atoms with Crippen LogP contribution in [0, 0.1) is 10.8 Å². The van der Waals surface area contributed by atoms with Gasteiger partial charge in [-0.3, -0.25) is 19.9 Å². The van der Waals surface area contributed by atoms with Gasteiger partial charge in [0.25, 0.3) is 0 Å². The fourth-order valence-electron chi connectivity index (χ4n) is 4.10. The van der Waals surface area contributed by atoms with Crippen molar-refractivity contribution in [1.29, 1.82) is 5.41 Å². The van der Waals surface area contributed by atoms with Crippen LogP contribution in [0.4, 0.5) is 4.79 Å². The molecule has 3 amide bonds. The predicted molar refractivity (Wildman–Crippen MR) is 135 cm³/mol. The van der Waals surface area contributed by atoms with E-state index in [9.17, 15) is 14.4 Å². The van der Waals surface area contributed by atoms with Crippen LogP contribution in [-0.2, 0) is 14.3 Å². The zero-order valence-electron chi connectivity index (χ0n) is 20.0. The van der Waals surface area contributed by atoms with Gasteiger partial charge in [0.2, 0.25) is 5.91 Å². The number of benzene rings is 2. The van der Waals surface area contributed by atoms with Gasteiger partial charge in [0.15, 0.2) is 0 Å². The number of carbonyl (C=O) groups excluding carboxylic acids is 3. The molecule has 0 unspecified atom stereocenters. The van der Waals surface area contributed by atoms with Crippen LogP contribution >= 0.6 is 12.4 Å². The van der Waals surface area contributed by atoms with Gasteiger partial charge in [-0.15, -0.1) is 12.4 Å². The molecule has 2 aromatic rings. The SMILES string of the molecule is CCNC(=O)N1C(=O)[C@](C)(CC(=O)OC)C[C@H]1COc1ccc(-c2ccc(C(=N)N)cc2)cc1.Cl. The molecule has 1 aliphatic heterocycles. The Labute approximate surface area is 210 Å². The molecule has 2 atom stereocenters. The third kappa shape index (κ3) is 6.30. The first-order valence-electron chi connectivity index (χ1n) is 11.0. The number of hydrogen-bond donors (Lipinski definition) is 3. The Morgan fingerprint density at radius 3 is 2.23 bits per heavy atom. The smallest absolute Gasteiger partial charge is 0.324 e. The summed E-state index contributed by atoms with van der Waals surface area (Å²) >= 11 is 0. The summed E-state index contributed by atoms with van der Waals surface area (Å²) in [5.74, 6) is -0.305. The second-order valence-electron chi connectivity index (χ2n) is 8.51. The molecule has 0 aromatic heterocycles. The van der Waals surface area contributed by atoms with Gasteiger partial charge in [-0.1, -0.05) is 43.3 Å². The monoisotopic (exact) mass is 502 g/mol. The van der Waals surface area contributed by atoms with Gasteiger partial charge < -0.3 is 20.5 Å². The van der Waals surface area contributed by atoms with E-state index in [1.54, 1.807) is 26.0 Å². The highest BCUT2D eigenvalue weighted by molar-refractivity contribution is 6.01. The third-order valence-corrected chi connectivity index (χ3v) is 5.92. The first kappa shape index (κ1) is 27.7. The minimum absolute atomic E-state index is 0. The van der Waals surface area contributed by atoms with E-state index in [4.69, 9.17) is 20.6 Å². The standard InChI is InChI=1S/C25H30N4O5.ClH/c1-4-28-24(32)29-19(13-25(2,23(29)31)14-21(30)33-3)15-34-20-11-9-17(10-12-20)16-5-7-18(8-6-16)22(26)27;/h5-12,19H,4,13-15H2,1-3H3,(H3,26,27)(H,28,32);1H/t19-,25-;/m0./s1. The van der Waals surface area contributed by atoms with Gasteiger partial charge in [0.05, 0.1) is 25.0 Å². The molecule has 188 valence electrons. The van der Waals surface area contributed by atoms with Crippen LogP contribution in [0.3, 0.4) is 0 Å². The minimum Gasteiger partial charge on any atom is -0.491 e. The number of nitrogen functional groups attached to an aromatic ring is 1. The lowest BCUT2D eigenvalue weighted by Gasteiger charge is -2.23. The number of imide groups is 1. The Morgan fingerprint density at radius 1 is 1.14 bits per heavy atom. The molecule has 35 heavy (non-hydrogen) atoms. The Bertz CT molecular complexity index is 1070. The number of likely N-dealkylation sites (tertiary alicyclic amines) is 1. The Kier molecular flexibility index (Phi) is 9.25. The van der Waals surface area contributed by atoms with Crippen LogP contribution in [0.15, 0.2) is 48.5 Å². The predicted octanol–water partition coefficient (Wildman–Crippen LogP) is 3.34. The van der Waals surface area contributed by atoms with E-state index < -0.39 is 29.4 Å². The van der Waals surface area contributed by atoms with Crippen LogP contribution in [0.1, 0.15) is 32.3 Å². The number of urea groups is 1. The number of nitrogens with one attached hydrogen (secondary N) is 2. The molecule has 3 rings (SSSR count). The van der Waals surface area contributed by atoms with Crippen LogP contribution in [0.25, 0.3) is 11.1 Å². The Balaban J connectivity index is 0.00000432. The average molecular weight is 503 g/mol. The summed E-state index contributed by atoms with van der Waals surface area (Å²) in [6.07, 6.45) is 0.185. The number of amides is 3. The van der Waals surface area contributed by atoms with E-state index in [2.05, 4.69) is 5.32 Å². The highest BCUT2D eigenvalue weighted by atomic mass is 35.5. The zero-order valence-corrected chi connectivity index (χ0v) is 20.8. The van der Waals surface area contributed by atoms with Crippen molar-refractivity contribution in [2.24, 2.45) is 11.1 Å². The van der Waals surface area contributed by atoms with Crippen LogP contribution in [-0.4, -0.2) is 54.9 Å². The molecule has 4 N–H and O–H groups in total. The zero-order chi connectivity index (χ0) is 24.9. The lowest BCUT2D eigenvalue weighted by atomic mass is 9.84. The number of nitrogens with two attached hydrogens (primary N) is 1. The quantitative estimate of drug-likeness (QED) is 0.288. The summed E-state index contributed by atoms with van der Waals surface area (Å²) in [7, 11) is 1.27. The van der Waals surface area contributed by atoms with Gasteiger partial charge in [-0.05, 0) is 36.6 Å². The number of esters is 1. The van der Waals surface area contributed by atoms with Crippen molar-refractivity contribution in [2.75, 3.05) is 20.3 Å². The number of nitrogens with zero attached hydrogens (tertiary/aromatic N) is 1. The second-order valence-corrected chi connectivity index (χ2v) is 8.51. The number of hydrogen-bond acceptors (Lipinski definition) is 6. The summed E-state index contributed by atoms with van der Waals surface area (Å²) in [4.78, 5) is 38.7. The molecule has 1 aliphatic rings. The van der Waals surface area contributed by atoms with E-state index >= 15 is 0 Å². The van der Waals surface area contributed by atoms with Crippen molar-refractivity contribution >= 4 is 36.2 Å². The van der Waals surface area contributed by atoms with Crippen molar-refractivity contribution in [3.05, 3.63) is 54.1 Å². The van der Waals surface area contributed by atoms with Crippen molar-refractivity contribution in [1.82, 2.24) is 10.2 Å². The molecule has 2 aromatic carbocycles. The third-order valence-electron chi connectivity index (χ3n) is 5.92. The van der Waals surface area contributed by atoms with Crippen LogP contribution in [0.5, 0.6) is 5.75 Å². The highest BCUT2D eigenvalue weighted by Crippen LogP contribution is 2.39. The lowest BCUT2D eigenvalue weighted by Crippen LogP contribution is -2.48. The topological polar surface area (TPSA) is 135 Å². The molecule has 10 heteroatoms. The maximum Gasteiger partial charge on any atom is 0.324 e. The average Bonchev–Trinajstić information content (AvgIpc) is 3.07. The molecule has 1 fully saturated rings. The van der Waals surface area contributed by atoms with Gasteiger partial charge >= 0.3 is 12.0 Å². The molecule has 9 nitrogen and oxygen atoms in total. The molecular weight excluding hydrogens is 472 g/mol.